The van der Waals surface area contributed by atoms with E-state index in [1.54, 1.807) is 19.1 Å². The summed E-state index contributed by atoms with van der Waals surface area (Å²) < 4.78 is 14.4. The molecule has 0 amide bonds. The summed E-state index contributed by atoms with van der Waals surface area (Å²) in [6, 6.07) is 3.37. The third kappa shape index (κ3) is 1.47. The number of rotatable bonds is 2. The van der Waals surface area contributed by atoms with Crippen molar-refractivity contribution in [3.05, 3.63) is 33.5 Å². The molecular formula is C12H12BrFO2. The molecule has 0 bridgehead atoms. The summed E-state index contributed by atoms with van der Waals surface area (Å²) in [5.41, 5.74) is 0.0567. The fourth-order valence-corrected chi connectivity index (χ4v) is 2.67. The number of carbonyl (C=O) groups is 1. The third-order valence-corrected chi connectivity index (χ3v) is 4.01. The van der Waals surface area contributed by atoms with Gasteiger partial charge in [-0.2, -0.15) is 0 Å². The second-order valence-corrected chi connectivity index (χ2v) is 5.15. The smallest absolute Gasteiger partial charge is 0.314 e. The van der Waals surface area contributed by atoms with Gasteiger partial charge in [0, 0.05) is 5.56 Å². The summed E-state index contributed by atoms with van der Waals surface area (Å²) in [7, 11) is 0. The predicted molar refractivity (Wildman–Crippen MR) is 62.0 cm³/mol. The Bertz CT molecular complexity index is 453. The molecule has 2 rings (SSSR count). The first-order valence-corrected chi connectivity index (χ1v) is 5.97. The summed E-state index contributed by atoms with van der Waals surface area (Å²) in [4.78, 5) is 11.3. The van der Waals surface area contributed by atoms with Crippen molar-refractivity contribution in [2.24, 2.45) is 0 Å². The Morgan fingerprint density at radius 3 is 2.56 bits per heavy atom. The Hall–Kier alpha value is -0.900. The highest BCUT2D eigenvalue weighted by Crippen LogP contribution is 2.47. The monoisotopic (exact) mass is 286 g/mol. The Morgan fingerprint density at radius 2 is 2.12 bits per heavy atom. The maximum atomic E-state index is 14.0. The first-order chi connectivity index (χ1) is 7.49. The van der Waals surface area contributed by atoms with Gasteiger partial charge in [0.25, 0.3) is 0 Å². The van der Waals surface area contributed by atoms with Gasteiger partial charge in [0.2, 0.25) is 0 Å². The molecule has 0 aromatic heterocycles. The van der Waals surface area contributed by atoms with E-state index in [0.29, 0.717) is 28.4 Å². The SMILES string of the molecule is Cc1ccc(Br)c(F)c1C1(C(=O)O)CCC1. The lowest BCUT2D eigenvalue weighted by Gasteiger charge is -2.39. The van der Waals surface area contributed by atoms with Crippen molar-refractivity contribution >= 4 is 21.9 Å². The molecule has 0 heterocycles. The fraction of sp³-hybridized carbons (Fsp3) is 0.417. The van der Waals surface area contributed by atoms with Gasteiger partial charge in [0.05, 0.1) is 9.89 Å². The maximum absolute atomic E-state index is 14.0. The molecule has 1 aromatic carbocycles. The molecule has 1 aromatic rings. The van der Waals surface area contributed by atoms with E-state index in [2.05, 4.69) is 15.9 Å². The highest BCUT2D eigenvalue weighted by atomic mass is 79.9. The fourth-order valence-electron chi connectivity index (χ4n) is 2.34. The Balaban J connectivity index is 2.63. The number of carboxylic acid groups (broad SMARTS) is 1. The van der Waals surface area contributed by atoms with E-state index in [9.17, 15) is 14.3 Å². The molecule has 1 saturated carbocycles. The van der Waals surface area contributed by atoms with Crippen molar-refractivity contribution in [2.75, 3.05) is 0 Å². The number of carboxylic acids is 1. The number of benzene rings is 1. The van der Waals surface area contributed by atoms with E-state index in [1.807, 2.05) is 0 Å². The topological polar surface area (TPSA) is 37.3 Å². The van der Waals surface area contributed by atoms with Crippen molar-refractivity contribution in [2.45, 2.75) is 31.6 Å². The molecule has 0 saturated heterocycles. The van der Waals surface area contributed by atoms with E-state index in [0.717, 1.165) is 6.42 Å². The molecule has 1 fully saturated rings. The van der Waals surface area contributed by atoms with Crippen LogP contribution in [0.2, 0.25) is 0 Å². The van der Waals surface area contributed by atoms with Crippen LogP contribution in [0.15, 0.2) is 16.6 Å². The molecule has 2 nitrogen and oxygen atoms in total. The van der Waals surface area contributed by atoms with Crippen LogP contribution in [0.5, 0.6) is 0 Å². The van der Waals surface area contributed by atoms with Gasteiger partial charge < -0.3 is 5.11 Å². The zero-order valence-electron chi connectivity index (χ0n) is 8.89. The first-order valence-electron chi connectivity index (χ1n) is 5.17. The zero-order chi connectivity index (χ0) is 11.9. The van der Waals surface area contributed by atoms with Crippen LogP contribution in [-0.4, -0.2) is 11.1 Å². The highest BCUT2D eigenvalue weighted by Gasteiger charge is 2.48. The lowest BCUT2D eigenvalue weighted by molar-refractivity contribution is -0.147. The number of aliphatic carboxylic acids is 1. The molecule has 16 heavy (non-hydrogen) atoms. The molecule has 0 unspecified atom stereocenters. The van der Waals surface area contributed by atoms with E-state index >= 15 is 0 Å². The Kier molecular flexibility index (Phi) is 2.78. The van der Waals surface area contributed by atoms with Gasteiger partial charge in [-0.25, -0.2) is 4.39 Å². The third-order valence-electron chi connectivity index (χ3n) is 3.40. The van der Waals surface area contributed by atoms with Gasteiger partial charge in [0.1, 0.15) is 5.82 Å². The van der Waals surface area contributed by atoms with Crippen LogP contribution in [0.4, 0.5) is 4.39 Å². The average molecular weight is 287 g/mol. The molecule has 0 atom stereocenters. The largest absolute Gasteiger partial charge is 0.481 e. The van der Waals surface area contributed by atoms with Gasteiger partial charge in [0.15, 0.2) is 0 Å². The van der Waals surface area contributed by atoms with Crippen LogP contribution in [-0.2, 0) is 10.2 Å². The lowest BCUT2D eigenvalue weighted by atomic mass is 9.63. The molecule has 1 aliphatic rings. The van der Waals surface area contributed by atoms with E-state index < -0.39 is 17.2 Å². The van der Waals surface area contributed by atoms with Gasteiger partial charge >= 0.3 is 5.97 Å². The van der Waals surface area contributed by atoms with Gasteiger partial charge in [-0.05, 0) is 47.3 Å². The lowest BCUT2D eigenvalue weighted by Crippen LogP contribution is -2.43. The van der Waals surface area contributed by atoms with Crippen molar-refractivity contribution in [3.63, 3.8) is 0 Å². The number of hydrogen-bond acceptors (Lipinski definition) is 1. The van der Waals surface area contributed by atoms with E-state index in [4.69, 9.17) is 0 Å². The Morgan fingerprint density at radius 1 is 1.50 bits per heavy atom. The summed E-state index contributed by atoms with van der Waals surface area (Å²) in [5, 5.41) is 9.29. The van der Waals surface area contributed by atoms with Gasteiger partial charge in [-0.1, -0.05) is 12.5 Å². The standard InChI is InChI=1S/C12H12BrFO2/c1-7-3-4-8(13)10(14)9(7)12(11(15)16)5-2-6-12/h3-4H,2,5-6H2,1H3,(H,15,16). The molecular weight excluding hydrogens is 275 g/mol. The molecule has 1 aliphatic carbocycles. The minimum absolute atomic E-state index is 0.334. The summed E-state index contributed by atoms with van der Waals surface area (Å²) in [6.45, 7) is 1.76. The van der Waals surface area contributed by atoms with Gasteiger partial charge in [-0.15, -0.1) is 0 Å². The zero-order valence-corrected chi connectivity index (χ0v) is 10.5. The molecule has 1 N–H and O–H groups in total. The second kappa shape index (κ2) is 3.84. The minimum atomic E-state index is -1.00. The molecule has 4 heteroatoms. The van der Waals surface area contributed by atoms with Crippen LogP contribution in [0.3, 0.4) is 0 Å². The summed E-state index contributed by atoms with van der Waals surface area (Å²) in [5.74, 6) is -1.35. The highest BCUT2D eigenvalue weighted by molar-refractivity contribution is 9.10. The summed E-state index contributed by atoms with van der Waals surface area (Å²) >= 11 is 3.11. The van der Waals surface area contributed by atoms with Crippen LogP contribution < -0.4 is 0 Å². The number of halogens is 2. The van der Waals surface area contributed by atoms with Crippen molar-refractivity contribution in [1.29, 1.82) is 0 Å². The molecule has 0 spiro atoms. The van der Waals surface area contributed by atoms with Crippen molar-refractivity contribution in [3.8, 4) is 0 Å². The second-order valence-electron chi connectivity index (χ2n) is 4.29. The average Bonchev–Trinajstić information content (AvgIpc) is 2.15. The minimum Gasteiger partial charge on any atom is -0.481 e. The molecule has 0 aliphatic heterocycles. The maximum Gasteiger partial charge on any atom is 0.314 e. The normalized spacial score (nSPS) is 17.9. The Labute approximate surface area is 102 Å². The van der Waals surface area contributed by atoms with E-state index in [1.165, 1.54) is 0 Å². The summed E-state index contributed by atoms with van der Waals surface area (Å²) in [6.07, 6.45) is 1.89. The quantitative estimate of drug-likeness (QED) is 0.905. The number of hydrogen-bond donors (Lipinski definition) is 1. The van der Waals surface area contributed by atoms with Crippen LogP contribution >= 0.6 is 15.9 Å². The van der Waals surface area contributed by atoms with Crippen LogP contribution in [0.25, 0.3) is 0 Å². The van der Waals surface area contributed by atoms with Gasteiger partial charge in [-0.3, -0.25) is 4.79 Å². The number of aryl methyl sites for hydroxylation is 1. The molecule has 0 radical (unpaired) electrons. The van der Waals surface area contributed by atoms with Crippen LogP contribution in [0.1, 0.15) is 30.4 Å². The molecule has 86 valence electrons. The predicted octanol–water partition coefficient (Wildman–Crippen LogP) is 3.40. The van der Waals surface area contributed by atoms with Crippen molar-refractivity contribution in [1.82, 2.24) is 0 Å². The first kappa shape index (κ1) is 11.6. The van der Waals surface area contributed by atoms with Crippen molar-refractivity contribution < 1.29 is 14.3 Å². The van der Waals surface area contributed by atoms with E-state index in [-0.39, 0.29) is 0 Å². The van der Waals surface area contributed by atoms with Crippen LogP contribution in [0, 0.1) is 12.7 Å².